The summed E-state index contributed by atoms with van der Waals surface area (Å²) in [4.78, 5) is 22.4. The van der Waals surface area contributed by atoms with Gasteiger partial charge in [-0.25, -0.2) is 0 Å². The van der Waals surface area contributed by atoms with E-state index in [1.165, 1.54) is 19.3 Å². The number of carboxylic acid groups (broad SMARTS) is 2. The molecule has 4 nitrogen and oxygen atoms in total. The molecule has 1 atom stereocenters. The first-order valence-electron chi connectivity index (χ1n) is 7.67. The van der Waals surface area contributed by atoms with Crippen molar-refractivity contribution in [2.24, 2.45) is 17.3 Å². The van der Waals surface area contributed by atoms with Crippen LogP contribution in [0.1, 0.15) is 72.6 Å². The van der Waals surface area contributed by atoms with E-state index < -0.39 is 17.9 Å². The Morgan fingerprint density at radius 2 is 1.33 bits per heavy atom. The van der Waals surface area contributed by atoms with Gasteiger partial charge < -0.3 is 10.2 Å². The van der Waals surface area contributed by atoms with Crippen LogP contribution in [-0.4, -0.2) is 73.5 Å². The molecule has 0 aliphatic heterocycles. The van der Waals surface area contributed by atoms with Crippen LogP contribution in [0.2, 0.25) is 0 Å². The first-order valence-corrected chi connectivity index (χ1v) is 7.67. The molecule has 0 radical (unpaired) electrons. The summed E-state index contributed by atoms with van der Waals surface area (Å²) in [6.07, 6.45) is 7.41. The summed E-state index contributed by atoms with van der Waals surface area (Å²) in [6.45, 7) is 7.94. The molecule has 1 unspecified atom stereocenters. The van der Waals surface area contributed by atoms with E-state index in [9.17, 15) is 9.59 Å². The number of carboxylic acids is 2. The molecular formula is C16H31KO4. The van der Waals surface area contributed by atoms with E-state index in [0.717, 1.165) is 19.3 Å². The van der Waals surface area contributed by atoms with Crippen molar-refractivity contribution in [2.75, 3.05) is 0 Å². The minimum absolute atomic E-state index is 0. The summed E-state index contributed by atoms with van der Waals surface area (Å²) < 4.78 is 0. The van der Waals surface area contributed by atoms with E-state index in [0.29, 0.717) is 6.42 Å². The van der Waals surface area contributed by atoms with E-state index in [2.05, 4.69) is 6.92 Å². The summed E-state index contributed by atoms with van der Waals surface area (Å²) in [5.41, 5.74) is -0.315. The molecule has 0 amide bonds. The molecule has 5 heteroatoms. The van der Waals surface area contributed by atoms with Crippen LogP contribution in [0.3, 0.4) is 0 Å². The number of carbonyl (C=O) groups is 2. The van der Waals surface area contributed by atoms with Crippen molar-refractivity contribution in [1.82, 2.24) is 0 Å². The molecule has 0 aromatic heterocycles. The van der Waals surface area contributed by atoms with Gasteiger partial charge >= 0.3 is 63.3 Å². The molecule has 0 saturated carbocycles. The number of unbranched alkanes of at least 4 members (excludes halogenated alkanes) is 5. The Kier molecular flexibility index (Phi) is 13.7. The third-order valence-electron chi connectivity index (χ3n) is 3.92. The Bertz CT molecular complexity index is 296. The van der Waals surface area contributed by atoms with Crippen molar-refractivity contribution < 1.29 is 19.8 Å². The van der Waals surface area contributed by atoms with E-state index in [4.69, 9.17) is 10.2 Å². The quantitative estimate of drug-likeness (QED) is 0.366. The van der Waals surface area contributed by atoms with Crippen LogP contribution in [0.25, 0.3) is 0 Å². The average Bonchev–Trinajstić information content (AvgIpc) is 2.29. The van der Waals surface area contributed by atoms with Gasteiger partial charge in [0, 0.05) is 0 Å². The van der Waals surface area contributed by atoms with Gasteiger partial charge in [0.25, 0.3) is 0 Å². The summed E-state index contributed by atoms with van der Waals surface area (Å²) in [7, 11) is 0. The number of rotatable bonds is 10. The van der Waals surface area contributed by atoms with Gasteiger partial charge in [0.05, 0.1) is 0 Å². The molecule has 0 aromatic rings. The zero-order valence-corrected chi connectivity index (χ0v) is 13.3. The fourth-order valence-electron chi connectivity index (χ4n) is 2.69. The monoisotopic (exact) mass is 326 g/mol. The molecule has 21 heavy (non-hydrogen) atoms. The molecule has 0 heterocycles. The Hall–Kier alpha value is 0.576. The van der Waals surface area contributed by atoms with Crippen molar-refractivity contribution in [3.63, 3.8) is 0 Å². The molecular weight excluding hydrogens is 295 g/mol. The molecule has 0 aliphatic rings. The van der Waals surface area contributed by atoms with Gasteiger partial charge in [0.1, 0.15) is 0 Å². The molecule has 0 saturated heterocycles. The third-order valence-corrected chi connectivity index (χ3v) is 3.92. The van der Waals surface area contributed by atoms with Gasteiger partial charge in [-0.2, -0.15) is 0 Å². The summed E-state index contributed by atoms with van der Waals surface area (Å²) in [5, 5.41) is 18.3. The molecule has 0 bridgehead atoms. The molecule has 0 spiro atoms. The van der Waals surface area contributed by atoms with Gasteiger partial charge in [0.15, 0.2) is 5.92 Å². The van der Waals surface area contributed by atoms with E-state index in [1.54, 1.807) is 0 Å². The Morgan fingerprint density at radius 1 is 0.905 bits per heavy atom. The fourth-order valence-corrected chi connectivity index (χ4v) is 2.69. The van der Waals surface area contributed by atoms with Crippen molar-refractivity contribution >= 4 is 63.3 Å². The van der Waals surface area contributed by atoms with Gasteiger partial charge in [-0.05, 0) is 17.8 Å². The van der Waals surface area contributed by atoms with Crippen molar-refractivity contribution in [1.29, 1.82) is 0 Å². The Balaban J connectivity index is 0. The maximum atomic E-state index is 11.2. The van der Waals surface area contributed by atoms with Crippen LogP contribution in [-0.2, 0) is 9.59 Å². The van der Waals surface area contributed by atoms with E-state index in [-0.39, 0.29) is 62.7 Å². The first kappa shape index (κ1) is 23.8. The normalized spacial score (nSPS) is 12.8. The third kappa shape index (κ3) is 10.1. The minimum atomic E-state index is -1.30. The van der Waals surface area contributed by atoms with Crippen LogP contribution in [0.15, 0.2) is 0 Å². The van der Waals surface area contributed by atoms with Crippen molar-refractivity contribution in [3.05, 3.63) is 0 Å². The van der Waals surface area contributed by atoms with Gasteiger partial charge in [0.2, 0.25) is 0 Å². The zero-order chi connectivity index (χ0) is 15.8. The standard InChI is InChI=1S/C16H30O4.K.H/c1-5-6-7-8-9-10-11-12(16(2,3)4)13(14(17)18)15(19)20;;/h12-13H,5-11H2,1-4H3,(H,17,18)(H,19,20);;. The summed E-state index contributed by atoms with van der Waals surface area (Å²) in [5.74, 6) is -4.07. The summed E-state index contributed by atoms with van der Waals surface area (Å²) >= 11 is 0. The van der Waals surface area contributed by atoms with Crippen molar-refractivity contribution in [3.8, 4) is 0 Å². The van der Waals surface area contributed by atoms with Crippen LogP contribution >= 0.6 is 0 Å². The number of hydrogen-bond donors (Lipinski definition) is 2. The second kappa shape index (κ2) is 12.1. The second-order valence-corrected chi connectivity index (χ2v) is 6.68. The van der Waals surface area contributed by atoms with E-state index >= 15 is 0 Å². The fraction of sp³-hybridized carbons (Fsp3) is 0.875. The van der Waals surface area contributed by atoms with Gasteiger partial charge in [-0.15, -0.1) is 0 Å². The molecule has 120 valence electrons. The first-order chi connectivity index (χ1) is 9.21. The van der Waals surface area contributed by atoms with Crippen molar-refractivity contribution in [2.45, 2.75) is 72.6 Å². The molecule has 0 fully saturated rings. The molecule has 0 aliphatic carbocycles. The van der Waals surface area contributed by atoms with Gasteiger partial charge in [-0.3, -0.25) is 9.59 Å². The SMILES string of the molecule is CCCCCCCCC(C(C(=O)O)C(=O)O)C(C)(C)C.[KH]. The maximum absolute atomic E-state index is 11.2. The van der Waals surface area contributed by atoms with Crippen LogP contribution in [0.5, 0.6) is 0 Å². The van der Waals surface area contributed by atoms with Crippen LogP contribution < -0.4 is 0 Å². The Labute approximate surface area is 171 Å². The Morgan fingerprint density at radius 3 is 1.71 bits per heavy atom. The molecule has 0 aromatic carbocycles. The second-order valence-electron chi connectivity index (χ2n) is 6.68. The number of aliphatic carboxylic acids is 2. The average molecular weight is 327 g/mol. The molecule has 0 rings (SSSR count). The van der Waals surface area contributed by atoms with Crippen LogP contribution in [0, 0.1) is 17.3 Å². The predicted octanol–water partition coefficient (Wildman–Crippen LogP) is 3.54. The predicted molar refractivity (Wildman–Crippen MR) is 86.8 cm³/mol. The topological polar surface area (TPSA) is 74.6 Å². The summed E-state index contributed by atoms with van der Waals surface area (Å²) in [6, 6.07) is 0. The zero-order valence-electron chi connectivity index (χ0n) is 13.3. The molecule has 2 N–H and O–H groups in total. The van der Waals surface area contributed by atoms with Crippen LogP contribution in [0.4, 0.5) is 0 Å². The number of hydrogen-bond acceptors (Lipinski definition) is 2. The van der Waals surface area contributed by atoms with Gasteiger partial charge in [-0.1, -0.05) is 66.2 Å². The van der Waals surface area contributed by atoms with E-state index in [1.807, 2.05) is 20.8 Å².